The van der Waals surface area contributed by atoms with Gasteiger partial charge in [-0.3, -0.25) is 14.5 Å². The number of likely N-dealkylation sites (tertiary alicyclic amines) is 1. The zero-order chi connectivity index (χ0) is 19.1. The quantitative estimate of drug-likeness (QED) is 0.716. The van der Waals surface area contributed by atoms with Crippen LogP contribution in [-0.2, 0) is 22.8 Å². The maximum atomic E-state index is 11.2. The maximum absolute atomic E-state index is 11.2. The number of aromatic nitrogens is 1. The van der Waals surface area contributed by atoms with Crippen LogP contribution in [0.4, 0.5) is 0 Å². The third kappa shape index (κ3) is 3.32. The molecule has 2 heterocycles. The summed E-state index contributed by atoms with van der Waals surface area (Å²) in [5.41, 5.74) is 7.82. The van der Waals surface area contributed by atoms with E-state index in [1.165, 1.54) is 67.0 Å². The molecule has 1 aliphatic heterocycles. The van der Waals surface area contributed by atoms with Crippen LogP contribution in [0, 0.1) is 6.92 Å². The molecule has 0 unspecified atom stereocenters. The second-order valence-electron chi connectivity index (χ2n) is 7.87. The van der Waals surface area contributed by atoms with Crippen LogP contribution in [0.3, 0.4) is 0 Å². The number of hydrogen-bond donors (Lipinski definition) is 1. The van der Waals surface area contributed by atoms with Gasteiger partial charge < -0.3 is 4.57 Å². The number of benzene rings is 1. The van der Waals surface area contributed by atoms with Gasteiger partial charge in [0.2, 0.25) is 5.91 Å². The molecule has 1 N–H and O–H groups in total. The van der Waals surface area contributed by atoms with Gasteiger partial charge in [0, 0.05) is 34.4 Å². The summed E-state index contributed by atoms with van der Waals surface area (Å²) in [4.78, 5) is 19.3. The Morgan fingerprint density at radius 2 is 2.22 bits per heavy atom. The smallest absolute Gasteiger partial charge is 0.240 e. The number of piperidine rings is 1. The van der Waals surface area contributed by atoms with E-state index < -0.39 is 0 Å². The Morgan fingerprint density at radius 3 is 2.96 bits per heavy atom. The summed E-state index contributed by atoms with van der Waals surface area (Å²) in [6.07, 6.45) is 4.85. The van der Waals surface area contributed by atoms with Crippen molar-refractivity contribution in [3.8, 4) is 0 Å². The molecule has 146 valence electrons. The largest absolute Gasteiger partial charge is 0.319 e. The Bertz CT molecular complexity index is 874. The zero-order valence-electron chi connectivity index (χ0n) is 16.3. The van der Waals surface area contributed by atoms with Crippen molar-refractivity contribution < 1.29 is 9.63 Å². The average Bonchev–Trinajstić information content (AvgIpc) is 2.88. The summed E-state index contributed by atoms with van der Waals surface area (Å²) in [7, 11) is 0. The van der Waals surface area contributed by atoms with Crippen LogP contribution < -0.4 is 5.48 Å². The molecule has 1 saturated heterocycles. The number of fused-ring (bicyclic) bond motifs is 2. The van der Waals surface area contributed by atoms with Crippen LogP contribution >= 0.6 is 15.9 Å². The van der Waals surface area contributed by atoms with Crippen LogP contribution in [0.5, 0.6) is 0 Å². The lowest BCUT2D eigenvalue weighted by Crippen LogP contribution is -2.47. The number of amides is 1. The number of carbonyl (C=O) groups excluding carboxylic acids is 1. The molecule has 0 saturated carbocycles. The second kappa shape index (κ2) is 7.57. The SMILES string of the molecule is CCCN1CCC[C@@H]2c3cc(Br)cc4c3c(c(C)n4CONC(C)=O)C[C@H]21. The summed E-state index contributed by atoms with van der Waals surface area (Å²) in [6.45, 7) is 8.63. The van der Waals surface area contributed by atoms with Gasteiger partial charge in [0.05, 0.1) is 5.52 Å². The normalized spacial score (nSPS) is 22.1. The van der Waals surface area contributed by atoms with Crippen molar-refractivity contribution in [1.82, 2.24) is 14.9 Å². The Morgan fingerprint density at radius 1 is 1.41 bits per heavy atom. The fraction of sp³-hybridized carbons (Fsp3) is 0.571. The van der Waals surface area contributed by atoms with E-state index in [0.717, 1.165) is 10.9 Å². The molecule has 5 nitrogen and oxygen atoms in total. The Kier molecular flexibility index (Phi) is 5.32. The molecule has 1 aliphatic carbocycles. The molecule has 2 aromatic rings. The number of hydrogen-bond acceptors (Lipinski definition) is 3. The third-order valence-electron chi connectivity index (χ3n) is 6.17. The first-order chi connectivity index (χ1) is 13.0. The predicted molar refractivity (Wildman–Crippen MR) is 111 cm³/mol. The number of hydroxylamine groups is 1. The minimum absolute atomic E-state index is 0.184. The highest BCUT2D eigenvalue weighted by Crippen LogP contribution is 2.46. The molecule has 4 rings (SSSR count). The topological polar surface area (TPSA) is 46.5 Å². The first-order valence-electron chi connectivity index (χ1n) is 9.94. The fourth-order valence-electron chi connectivity index (χ4n) is 5.12. The van der Waals surface area contributed by atoms with Crippen molar-refractivity contribution in [2.45, 2.75) is 65.1 Å². The predicted octanol–water partition coefficient (Wildman–Crippen LogP) is 4.25. The second-order valence-corrected chi connectivity index (χ2v) is 8.78. The lowest BCUT2D eigenvalue weighted by molar-refractivity contribution is -0.134. The highest BCUT2D eigenvalue weighted by molar-refractivity contribution is 9.10. The lowest BCUT2D eigenvalue weighted by atomic mass is 9.74. The van der Waals surface area contributed by atoms with Gasteiger partial charge in [0.25, 0.3) is 0 Å². The molecule has 0 bridgehead atoms. The van der Waals surface area contributed by atoms with Gasteiger partial charge >= 0.3 is 0 Å². The average molecular weight is 434 g/mol. The first kappa shape index (κ1) is 19.0. The maximum Gasteiger partial charge on any atom is 0.240 e. The summed E-state index contributed by atoms with van der Waals surface area (Å²) in [5, 5.41) is 1.40. The number of rotatable bonds is 5. The van der Waals surface area contributed by atoms with E-state index in [1.807, 2.05) is 0 Å². The van der Waals surface area contributed by atoms with Gasteiger partial charge in [-0.1, -0.05) is 22.9 Å². The molecule has 2 aliphatic rings. The van der Waals surface area contributed by atoms with Gasteiger partial charge in [-0.2, -0.15) is 0 Å². The van der Waals surface area contributed by atoms with E-state index >= 15 is 0 Å². The molecule has 1 amide bonds. The van der Waals surface area contributed by atoms with E-state index in [0.29, 0.717) is 18.7 Å². The van der Waals surface area contributed by atoms with Crippen LogP contribution in [0.2, 0.25) is 0 Å². The van der Waals surface area contributed by atoms with Crippen molar-refractivity contribution in [2.24, 2.45) is 0 Å². The van der Waals surface area contributed by atoms with Gasteiger partial charge in [-0.05, 0) is 69.0 Å². The van der Waals surface area contributed by atoms with E-state index in [1.54, 1.807) is 0 Å². The lowest BCUT2D eigenvalue weighted by Gasteiger charge is -2.44. The van der Waals surface area contributed by atoms with Gasteiger partial charge in [0.1, 0.15) is 0 Å². The summed E-state index contributed by atoms with van der Waals surface area (Å²) >= 11 is 3.73. The van der Waals surface area contributed by atoms with Crippen molar-refractivity contribution in [3.63, 3.8) is 0 Å². The summed E-state index contributed by atoms with van der Waals surface area (Å²) < 4.78 is 3.30. The molecule has 27 heavy (non-hydrogen) atoms. The minimum atomic E-state index is -0.184. The molecule has 0 spiro atoms. The fourth-order valence-corrected chi connectivity index (χ4v) is 5.58. The zero-order valence-corrected chi connectivity index (χ0v) is 17.9. The number of nitrogens with zero attached hydrogens (tertiary/aromatic N) is 2. The van der Waals surface area contributed by atoms with E-state index in [4.69, 9.17) is 4.84 Å². The van der Waals surface area contributed by atoms with Crippen molar-refractivity contribution in [3.05, 3.63) is 33.4 Å². The van der Waals surface area contributed by atoms with Gasteiger partial charge in [-0.25, -0.2) is 5.48 Å². The third-order valence-corrected chi connectivity index (χ3v) is 6.63. The molecular weight excluding hydrogens is 406 g/mol. The van der Waals surface area contributed by atoms with E-state index in [2.05, 4.69) is 56.9 Å². The Labute approximate surface area is 169 Å². The molecule has 6 heteroatoms. The van der Waals surface area contributed by atoms with Crippen molar-refractivity contribution in [2.75, 3.05) is 13.1 Å². The van der Waals surface area contributed by atoms with Crippen LogP contribution in [0.1, 0.15) is 55.8 Å². The van der Waals surface area contributed by atoms with Crippen LogP contribution in [0.25, 0.3) is 10.9 Å². The number of nitrogens with one attached hydrogen (secondary N) is 1. The number of halogens is 1. The highest BCUT2D eigenvalue weighted by Gasteiger charge is 2.38. The molecule has 1 fully saturated rings. The highest BCUT2D eigenvalue weighted by atomic mass is 79.9. The van der Waals surface area contributed by atoms with Gasteiger partial charge in [0.15, 0.2) is 6.73 Å². The molecule has 1 aromatic heterocycles. The molecule has 0 radical (unpaired) electrons. The van der Waals surface area contributed by atoms with Crippen molar-refractivity contribution >= 4 is 32.7 Å². The van der Waals surface area contributed by atoms with Gasteiger partial charge in [-0.15, -0.1) is 0 Å². The molecule has 1 aromatic carbocycles. The summed E-state index contributed by atoms with van der Waals surface area (Å²) in [5.74, 6) is 0.418. The Hall–Kier alpha value is -1.37. The first-order valence-corrected chi connectivity index (χ1v) is 10.7. The minimum Gasteiger partial charge on any atom is -0.319 e. The van der Waals surface area contributed by atoms with E-state index in [9.17, 15) is 4.79 Å². The number of carbonyl (C=O) groups is 1. The van der Waals surface area contributed by atoms with Crippen molar-refractivity contribution in [1.29, 1.82) is 0 Å². The monoisotopic (exact) mass is 433 g/mol. The van der Waals surface area contributed by atoms with Crippen LogP contribution in [-0.4, -0.2) is 34.5 Å². The van der Waals surface area contributed by atoms with Crippen LogP contribution in [0.15, 0.2) is 16.6 Å². The standard InChI is InChI=1S/C21H28BrN3O2/c1-4-7-24-8-5-6-16-18-9-15(22)10-20-21(18)17(11-19(16)24)13(2)25(20)12-27-23-14(3)26/h9-10,16,19H,4-8,11-12H2,1-3H3,(H,23,26)/t16-,19-/m1/s1. The van der Waals surface area contributed by atoms with E-state index in [-0.39, 0.29) is 5.91 Å². The summed E-state index contributed by atoms with van der Waals surface area (Å²) in [6, 6.07) is 5.10. The Balaban J connectivity index is 1.79. The molecule has 2 atom stereocenters. The molecular formula is C21H28BrN3O2.